The Bertz CT molecular complexity index is 843. The Balaban J connectivity index is 2.11. The van der Waals surface area contributed by atoms with Gasteiger partial charge in [0.25, 0.3) is 5.69 Å². The smallest absolute Gasteiger partial charge is 0.275 e. The minimum Gasteiger partial charge on any atom is -0.343 e. The van der Waals surface area contributed by atoms with Gasteiger partial charge in [-0.05, 0) is 24.3 Å². The van der Waals surface area contributed by atoms with Gasteiger partial charge in [0.05, 0.1) is 22.1 Å². The number of nitro groups is 1. The lowest BCUT2D eigenvalue weighted by atomic mass is 10.1. The first-order valence-corrected chi connectivity index (χ1v) is 6.98. The van der Waals surface area contributed by atoms with Crippen molar-refractivity contribution in [1.82, 2.24) is 4.57 Å². The normalized spacial score (nSPS) is 11.0. The van der Waals surface area contributed by atoms with Crippen molar-refractivity contribution in [3.63, 3.8) is 0 Å². The van der Waals surface area contributed by atoms with E-state index in [1.807, 2.05) is 35.0 Å². The standard InChI is InChI=1S/C15H10Cl2N2O2/c16-12-3-1-5-14-10(12)7-8-18(14)9-11-13(17)4-2-6-15(11)19(20)21/h1-8H,9H2. The van der Waals surface area contributed by atoms with Crippen LogP contribution in [0.15, 0.2) is 48.7 Å². The van der Waals surface area contributed by atoms with E-state index in [1.165, 1.54) is 6.07 Å². The lowest BCUT2D eigenvalue weighted by molar-refractivity contribution is -0.385. The average molecular weight is 321 g/mol. The minimum absolute atomic E-state index is 0.0198. The molecule has 0 radical (unpaired) electrons. The number of nitro benzene ring substituents is 1. The van der Waals surface area contributed by atoms with Crippen LogP contribution in [-0.4, -0.2) is 9.49 Å². The molecule has 0 N–H and O–H groups in total. The molecule has 0 aliphatic carbocycles. The molecule has 1 aromatic heterocycles. The molecule has 0 spiro atoms. The van der Waals surface area contributed by atoms with Crippen LogP contribution in [0.1, 0.15) is 5.56 Å². The van der Waals surface area contributed by atoms with E-state index >= 15 is 0 Å². The van der Waals surface area contributed by atoms with Crippen molar-refractivity contribution in [3.8, 4) is 0 Å². The molecule has 3 aromatic rings. The third-order valence-corrected chi connectivity index (χ3v) is 4.06. The van der Waals surface area contributed by atoms with Crippen LogP contribution in [0.5, 0.6) is 0 Å². The number of fused-ring (bicyclic) bond motifs is 1. The Morgan fingerprint density at radius 2 is 1.76 bits per heavy atom. The Morgan fingerprint density at radius 1 is 1.05 bits per heavy atom. The van der Waals surface area contributed by atoms with Crippen molar-refractivity contribution in [2.24, 2.45) is 0 Å². The largest absolute Gasteiger partial charge is 0.343 e. The molecule has 3 rings (SSSR count). The third kappa shape index (κ3) is 2.48. The van der Waals surface area contributed by atoms with Gasteiger partial charge in [0.2, 0.25) is 0 Å². The Kier molecular flexibility index (Phi) is 3.57. The number of rotatable bonds is 3. The highest BCUT2D eigenvalue weighted by atomic mass is 35.5. The molecule has 21 heavy (non-hydrogen) atoms. The lowest BCUT2D eigenvalue weighted by Crippen LogP contribution is -2.03. The highest BCUT2D eigenvalue weighted by Gasteiger charge is 2.17. The maximum Gasteiger partial charge on any atom is 0.275 e. The number of halogens is 2. The van der Waals surface area contributed by atoms with Gasteiger partial charge in [-0.2, -0.15) is 0 Å². The van der Waals surface area contributed by atoms with Gasteiger partial charge in [-0.25, -0.2) is 0 Å². The van der Waals surface area contributed by atoms with Crippen LogP contribution in [0.4, 0.5) is 5.69 Å². The van der Waals surface area contributed by atoms with Crippen LogP contribution in [0.3, 0.4) is 0 Å². The van der Waals surface area contributed by atoms with Crippen molar-refractivity contribution in [2.45, 2.75) is 6.54 Å². The summed E-state index contributed by atoms with van der Waals surface area (Å²) in [5, 5.41) is 13.1. The van der Waals surface area contributed by atoms with Gasteiger partial charge in [0, 0.05) is 28.2 Å². The highest BCUT2D eigenvalue weighted by Crippen LogP contribution is 2.30. The lowest BCUT2D eigenvalue weighted by Gasteiger charge is -2.08. The van der Waals surface area contributed by atoms with Gasteiger partial charge in [-0.15, -0.1) is 0 Å². The summed E-state index contributed by atoms with van der Waals surface area (Å²) >= 11 is 12.3. The van der Waals surface area contributed by atoms with Crippen molar-refractivity contribution < 1.29 is 4.92 Å². The summed E-state index contributed by atoms with van der Waals surface area (Å²) in [5.74, 6) is 0. The molecule has 0 bridgehead atoms. The second-order valence-electron chi connectivity index (χ2n) is 4.61. The molecule has 4 nitrogen and oxygen atoms in total. The van der Waals surface area contributed by atoms with E-state index in [9.17, 15) is 10.1 Å². The van der Waals surface area contributed by atoms with Crippen LogP contribution in [0, 0.1) is 10.1 Å². The number of benzene rings is 2. The fourth-order valence-electron chi connectivity index (χ4n) is 2.37. The van der Waals surface area contributed by atoms with Gasteiger partial charge >= 0.3 is 0 Å². The molecule has 0 amide bonds. The van der Waals surface area contributed by atoms with E-state index < -0.39 is 4.92 Å². The van der Waals surface area contributed by atoms with E-state index in [1.54, 1.807) is 12.1 Å². The van der Waals surface area contributed by atoms with Crippen LogP contribution in [0.25, 0.3) is 10.9 Å². The Labute approximate surface area is 130 Å². The molecule has 0 saturated heterocycles. The van der Waals surface area contributed by atoms with Gasteiger partial charge in [-0.3, -0.25) is 10.1 Å². The second-order valence-corrected chi connectivity index (χ2v) is 5.43. The van der Waals surface area contributed by atoms with Crippen molar-refractivity contribution in [2.75, 3.05) is 0 Å². The molecular weight excluding hydrogens is 311 g/mol. The highest BCUT2D eigenvalue weighted by molar-refractivity contribution is 6.35. The first-order chi connectivity index (χ1) is 10.1. The summed E-state index contributed by atoms with van der Waals surface area (Å²) in [5.41, 5.74) is 1.42. The topological polar surface area (TPSA) is 48.1 Å². The molecule has 0 unspecified atom stereocenters. The molecule has 1 heterocycles. The molecule has 0 saturated carbocycles. The monoisotopic (exact) mass is 320 g/mol. The van der Waals surface area contributed by atoms with Gasteiger partial charge in [0.15, 0.2) is 0 Å². The first kappa shape index (κ1) is 13.9. The predicted octanol–water partition coefficient (Wildman–Crippen LogP) is 4.90. The number of aromatic nitrogens is 1. The van der Waals surface area contributed by atoms with E-state index in [4.69, 9.17) is 23.2 Å². The molecule has 0 aliphatic rings. The molecule has 0 atom stereocenters. The van der Waals surface area contributed by atoms with Gasteiger partial charge < -0.3 is 4.57 Å². The molecule has 6 heteroatoms. The SMILES string of the molecule is O=[N+]([O-])c1cccc(Cl)c1Cn1ccc2c(Cl)cccc21. The Morgan fingerprint density at radius 3 is 2.52 bits per heavy atom. The van der Waals surface area contributed by atoms with E-state index in [0.29, 0.717) is 22.2 Å². The van der Waals surface area contributed by atoms with E-state index in [-0.39, 0.29) is 5.69 Å². The van der Waals surface area contributed by atoms with Gasteiger partial charge in [0.1, 0.15) is 0 Å². The van der Waals surface area contributed by atoms with Crippen LogP contribution in [-0.2, 0) is 6.54 Å². The summed E-state index contributed by atoms with van der Waals surface area (Å²) in [7, 11) is 0. The van der Waals surface area contributed by atoms with E-state index in [0.717, 1.165) is 10.9 Å². The summed E-state index contributed by atoms with van der Waals surface area (Å²) < 4.78 is 1.90. The molecular formula is C15H10Cl2N2O2. The van der Waals surface area contributed by atoms with Crippen LogP contribution in [0.2, 0.25) is 10.0 Å². The molecule has 0 fully saturated rings. The molecule has 106 valence electrons. The maximum absolute atomic E-state index is 11.1. The Hall–Kier alpha value is -2.04. The predicted molar refractivity (Wildman–Crippen MR) is 84.2 cm³/mol. The zero-order valence-corrected chi connectivity index (χ0v) is 12.3. The molecule has 0 aliphatic heterocycles. The average Bonchev–Trinajstić information content (AvgIpc) is 2.85. The summed E-state index contributed by atoms with van der Waals surface area (Å²) in [6.07, 6.45) is 1.85. The summed E-state index contributed by atoms with van der Waals surface area (Å²) in [6.45, 7) is 0.319. The third-order valence-electron chi connectivity index (χ3n) is 3.38. The maximum atomic E-state index is 11.1. The van der Waals surface area contributed by atoms with Crippen molar-refractivity contribution in [1.29, 1.82) is 0 Å². The summed E-state index contributed by atoms with van der Waals surface area (Å²) in [4.78, 5) is 10.7. The van der Waals surface area contributed by atoms with Gasteiger partial charge in [-0.1, -0.05) is 35.3 Å². The quantitative estimate of drug-likeness (QED) is 0.508. The fraction of sp³-hybridized carbons (Fsp3) is 0.0667. The molecule has 2 aromatic carbocycles. The first-order valence-electron chi connectivity index (χ1n) is 6.23. The fourth-order valence-corrected chi connectivity index (χ4v) is 2.83. The second kappa shape index (κ2) is 5.39. The van der Waals surface area contributed by atoms with Crippen LogP contribution >= 0.6 is 23.2 Å². The zero-order chi connectivity index (χ0) is 15.0. The number of hydrogen-bond donors (Lipinski definition) is 0. The van der Waals surface area contributed by atoms with Crippen LogP contribution < -0.4 is 0 Å². The number of nitrogens with zero attached hydrogens (tertiary/aromatic N) is 2. The zero-order valence-electron chi connectivity index (χ0n) is 10.8. The van der Waals surface area contributed by atoms with E-state index in [2.05, 4.69) is 0 Å². The number of hydrogen-bond acceptors (Lipinski definition) is 2. The van der Waals surface area contributed by atoms with Crippen molar-refractivity contribution >= 4 is 39.8 Å². The minimum atomic E-state index is -0.417. The van der Waals surface area contributed by atoms with Crippen molar-refractivity contribution in [3.05, 3.63) is 74.4 Å². The summed E-state index contributed by atoms with van der Waals surface area (Å²) in [6, 6.07) is 12.2.